The van der Waals surface area contributed by atoms with E-state index in [0.29, 0.717) is 11.6 Å². The molecule has 7 heteroatoms. The molecule has 1 amide bonds. The number of thiazole rings is 1. The third-order valence-corrected chi connectivity index (χ3v) is 7.19. The zero-order valence-electron chi connectivity index (χ0n) is 16.7. The number of aromatic nitrogens is 2. The fourth-order valence-electron chi connectivity index (χ4n) is 4.44. The Bertz CT molecular complexity index is 1300. The van der Waals surface area contributed by atoms with Gasteiger partial charge in [0.1, 0.15) is 5.56 Å². The summed E-state index contributed by atoms with van der Waals surface area (Å²) in [5, 5.41) is 2.05. The fraction of sp³-hybridized carbons (Fsp3) is 0.261. The number of hydrogen-bond donors (Lipinski definition) is 1. The maximum Gasteiger partial charge on any atom is 0.265 e. The fourth-order valence-corrected chi connectivity index (χ4v) is 5.58. The van der Waals surface area contributed by atoms with Crippen molar-refractivity contribution in [3.63, 3.8) is 0 Å². The van der Waals surface area contributed by atoms with E-state index in [9.17, 15) is 9.59 Å². The van der Waals surface area contributed by atoms with E-state index in [1.54, 1.807) is 18.4 Å². The number of piperidine rings is 1. The van der Waals surface area contributed by atoms with Gasteiger partial charge in [0.2, 0.25) is 0 Å². The van der Waals surface area contributed by atoms with Crippen LogP contribution < -0.4 is 16.2 Å². The van der Waals surface area contributed by atoms with Crippen LogP contribution in [0.5, 0.6) is 0 Å². The van der Waals surface area contributed by atoms with Gasteiger partial charge in [-0.15, -0.1) is 11.3 Å². The number of aryl methyl sites for hydroxylation is 1. The first-order chi connectivity index (χ1) is 14.5. The van der Waals surface area contributed by atoms with Crippen LogP contribution in [-0.2, 0) is 7.05 Å². The van der Waals surface area contributed by atoms with Gasteiger partial charge in [-0.05, 0) is 31.0 Å². The lowest BCUT2D eigenvalue weighted by Crippen LogP contribution is -2.38. The Balaban J connectivity index is 1.51. The normalized spacial score (nSPS) is 15.2. The third kappa shape index (κ3) is 2.97. The smallest absolute Gasteiger partial charge is 0.265 e. The van der Waals surface area contributed by atoms with Gasteiger partial charge < -0.3 is 15.2 Å². The number of amides is 1. The van der Waals surface area contributed by atoms with E-state index in [1.807, 2.05) is 36.4 Å². The number of nitrogens with zero attached hydrogens (tertiary/aromatic N) is 3. The second-order valence-electron chi connectivity index (χ2n) is 7.75. The predicted octanol–water partition coefficient (Wildman–Crippen LogP) is 3.63. The molecule has 6 nitrogen and oxygen atoms in total. The van der Waals surface area contributed by atoms with Crippen LogP contribution in [0.15, 0.2) is 53.3 Å². The Kier molecular flexibility index (Phi) is 4.55. The SMILES string of the molecule is Cn1c(=O)c(C(N)=O)c(N2CCC(c3nc4ccccc4s3)CC2)c2ccccc21. The molecule has 1 aliphatic rings. The summed E-state index contributed by atoms with van der Waals surface area (Å²) in [4.78, 5) is 32.1. The van der Waals surface area contributed by atoms with Crippen molar-refractivity contribution < 1.29 is 4.79 Å². The Morgan fingerprint density at radius 2 is 1.80 bits per heavy atom. The highest BCUT2D eigenvalue weighted by atomic mass is 32.1. The van der Waals surface area contributed by atoms with Gasteiger partial charge in [-0.2, -0.15) is 0 Å². The molecule has 0 spiro atoms. The number of carbonyl (C=O) groups is 1. The number of para-hydroxylation sites is 2. The Morgan fingerprint density at radius 3 is 2.53 bits per heavy atom. The number of hydrogen-bond acceptors (Lipinski definition) is 5. The van der Waals surface area contributed by atoms with Gasteiger partial charge in [0.05, 0.1) is 26.4 Å². The Hall–Kier alpha value is -3.19. The molecular weight excluding hydrogens is 396 g/mol. The van der Waals surface area contributed by atoms with Gasteiger partial charge in [0.15, 0.2) is 0 Å². The lowest BCUT2D eigenvalue weighted by atomic mass is 9.95. The van der Waals surface area contributed by atoms with Crippen LogP contribution in [0.3, 0.4) is 0 Å². The van der Waals surface area contributed by atoms with E-state index in [0.717, 1.165) is 42.4 Å². The van der Waals surface area contributed by atoms with Crippen molar-refractivity contribution >= 4 is 44.1 Å². The van der Waals surface area contributed by atoms with Gasteiger partial charge >= 0.3 is 0 Å². The number of benzene rings is 2. The van der Waals surface area contributed by atoms with Crippen molar-refractivity contribution in [2.24, 2.45) is 12.8 Å². The first kappa shape index (κ1) is 18.8. The van der Waals surface area contributed by atoms with Crippen molar-refractivity contribution in [1.29, 1.82) is 0 Å². The van der Waals surface area contributed by atoms with Gasteiger partial charge in [-0.3, -0.25) is 9.59 Å². The van der Waals surface area contributed by atoms with E-state index < -0.39 is 5.91 Å². The number of rotatable bonds is 3. The van der Waals surface area contributed by atoms with E-state index >= 15 is 0 Å². The van der Waals surface area contributed by atoms with Gasteiger partial charge in [0.25, 0.3) is 11.5 Å². The molecule has 1 saturated heterocycles. The van der Waals surface area contributed by atoms with Crippen molar-refractivity contribution in [1.82, 2.24) is 9.55 Å². The predicted molar refractivity (Wildman–Crippen MR) is 122 cm³/mol. The summed E-state index contributed by atoms with van der Waals surface area (Å²) in [5.74, 6) is -0.293. The highest BCUT2D eigenvalue weighted by Gasteiger charge is 2.28. The summed E-state index contributed by atoms with van der Waals surface area (Å²) in [5.41, 5.74) is 7.91. The number of nitrogens with two attached hydrogens (primary N) is 1. The molecule has 0 aliphatic carbocycles. The van der Waals surface area contributed by atoms with Crippen molar-refractivity contribution in [3.05, 3.63) is 69.5 Å². The average molecular weight is 419 g/mol. The number of fused-ring (bicyclic) bond motifs is 2. The molecule has 0 saturated carbocycles. The average Bonchev–Trinajstić information content (AvgIpc) is 3.20. The van der Waals surface area contributed by atoms with Crippen LogP contribution in [0.2, 0.25) is 0 Å². The van der Waals surface area contributed by atoms with E-state index in [2.05, 4.69) is 17.0 Å². The molecule has 4 aromatic rings. The van der Waals surface area contributed by atoms with Crippen molar-refractivity contribution in [2.45, 2.75) is 18.8 Å². The number of primary amides is 1. The summed E-state index contributed by atoms with van der Waals surface area (Å²) in [6.45, 7) is 1.50. The van der Waals surface area contributed by atoms with Crippen molar-refractivity contribution in [3.8, 4) is 0 Å². The minimum atomic E-state index is -0.676. The largest absolute Gasteiger partial charge is 0.370 e. The molecule has 2 aromatic carbocycles. The molecule has 0 unspecified atom stereocenters. The van der Waals surface area contributed by atoms with Gasteiger partial charge in [0, 0.05) is 31.4 Å². The maximum absolute atomic E-state index is 12.9. The van der Waals surface area contributed by atoms with Crippen molar-refractivity contribution in [2.75, 3.05) is 18.0 Å². The molecule has 152 valence electrons. The van der Waals surface area contributed by atoms with Crippen LogP contribution in [0.25, 0.3) is 21.1 Å². The summed E-state index contributed by atoms with van der Waals surface area (Å²) >= 11 is 1.76. The van der Waals surface area contributed by atoms with Crippen LogP contribution in [0.1, 0.15) is 34.1 Å². The lowest BCUT2D eigenvalue weighted by molar-refractivity contribution is 0.0999. The molecule has 30 heavy (non-hydrogen) atoms. The first-order valence-corrected chi connectivity index (χ1v) is 10.9. The molecule has 2 aromatic heterocycles. The van der Waals surface area contributed by atoms with Crippen LogP contribution in [-0.4, -0.2) is 28.5 Å². The van der Waals surface area contributed by atoms with Crippen LogP contribution >= 0.6 is 11.3 Å². The highest BCUT2D eigenvalue weighted by Crippen LogP contribution is 2.37. The maximum atomic E-state index is 12.9. The molecule has 2 N–H and O–H groups in total. The Labute approximate surface area is 177 Å². The molecule has 3 heterocycles. The summed E-state index contributed by atoms with van der Waals surface area (Å²) in [6.07, 6.45) is 1.84. The molecule has 1 fully saturated rings. The topological polar surface area (TPSA) is 81.2 Å². The minimum Gasteiger partial charge on any atom is -0.370 e. The molecule has 0 bridgehead atoms. The Morgan fingerprint density at radius 1 is 1.10 bits per heavy atom. The van der Waals surface area contributed by atoms with E-state index in [4.69, 9.17) is 10.7 Å². The first-order valence-electron chi connectivity index (χ1n) is 10.1. The standard InChI is InChI=1S/C23H22N4O2S/c1-26-17-8-4-2-6-15(17)20(19(21(24)28)23(26)29)27-12-10-14(11-13-27)22-25-16-7-3-5-9-18(16)30-22/h2-9,14H,10-13H2,1H3,(H2,24,28). The van der Waals surface area contributed by atoms with Gasteiger partial charge in [-0.25, -0.2) is 4.98 Å². The summed E-state index contributed by atoms with van der Waals surface area (Å²) in [7, 11) is 1.68. The summed E-state index contributed by atoms with van der Waals surface area (Å²) < 4.78 is 2.72. The number of carbonyl (C=O) groups excluding carboxylic acids is 1. The zero-order valence-corrected chi connectivity index (χ0v) is 17.5. The molecule has 0 radical (unpaired) electrons. The van der Waals surface area contributed by atoms with E-state index in [-0.39, 0.29) is 11.1 Å². The third-order valence-electron chi connectivity index (χ3n) is 5.99. The molecule has 1 aliphatic heterocycles. The van der Waals surface area contributed by atoms with Gasteiger partial charge in [-0.1, -0.05) is 30.3 Å². The second kappa shape index (κ2) is 7.25. The second-order valence-corrected chi connectivity index (χ2v) is 8.81. The number of anilines is 1. The highest BCUT2D eigenvalue weighted by molar-refractivity contribution is 7.18. The minimum absolute atomic E-state index is 0.0784. The van der Waals surface area contributed by atoms with Crippen LogP contribution in [0.4, 0.5) is 5.69 Å². The molecule has 0 atom stereocenters. The monoisotopic (exact) mass is 418 g/mol. The van der Waals surface area contributed by atoms with Crippen LogP contribution in [0, 0.1) is 0 Å². The quantitative estimate of drug-likeness (QED) is 0.551. The van der Waals surface area contributed by atoms with E-state index in [1.165, 1.54) is 14.3 Å². The zero-order chi connectivity index (χ0) is 20.8. The molecule has 5 rings (SSSR count). The number of pyridine rings is 1. The summed E-state index contributed by atoms with van der Waals surface area (Å²) in [6, 6.07) is 15.9. The lowest BCUT2D eigenvalue weighted by Gasteiger charge is -2.34. The molecular formula is C23H22N4O2S.